The molecule has 0 heterocycles. The van der Waals surface area contributed by atoms with Crippen molar-refractivity contribution in [1.29, 1.82) is 0 Å². The lowest BCUT2D eigenvalue weighted by molar-refractivity contribution is -0.167. The zero-order valence-corrected chi connectivity index (χ0v) is 55.5. The molecule has 0 aromatic carbocycles. The summed E-state index contributed by atoms with van der Waals surface area (Å²) in [7, 11) is 0. The highest BCUT2D eigenvalue weighted by atomic mass is 16.6. The molecule has 0 saturated heterocycles. The molecule has 1 atom stereocenters. The van der Waals surface area contributed by atoms with Gasteiger partial charge >= 0.3 is 17.9 Å². The molecule has 0 aliphatic carbocycles. The van der Waals surface area contributed by atoms with Gasteiger partial charge in [0.25, 0.3) is 0 Å². The molecule has 0 N–H and O–H groups in total. The molecular weight excluding hydrogens is 1020 g/mol. The van der Waals surface area contributed by atoms with Crippen LogP contribution in [0.25, 0.3) is 0 Å². The normalized spacial score (nSPS) is 12.5. The average molecular weight is 1160 g/mol. The van der Waals surface area contributed by atoms with E-state index in [9.17, 15) is 14.4 Å². The van der Waals surface area contributed by atoms with E-state index in [1.807, 2.05) is 0 Å². The molecule has 0 radical (unpaired) electrons. The summed E-state index contributed by atoms with van der Waals surface area (Å²) in [5.41, 5.74) is 0. The summed E-state index contributed by atoms with van der Waals surface area (Å²) < 4.78 is 17.0. The van der Waals surface area contributed by atoms with Crippen molar-refractivity contribution in [2.75, 3.05) is 13.2 Å². The molecule has 0 aliphatic rings. The molecule has 0 spiro atoms. The van der Waals surface area contributed by atoms with E-state index in [0.717, 1.165) is 89.9 Å². The Morgan fingerprint density at radius 2 is 0.470 bits per heavy atom. The standard InChI is InChI=1S/C77H138O6/c1-4-7-10-13-16-19-22-24-26-28-30-32-34-35-36-37-38-39-40-41-43-44-46-48-50-52-55-58-61-64-67-70-76(79)82-73-74(72-81-75(78)69-66-63-60-57-54-21-18-15-12-9-6-3)83-77(80)71-68-65-62-59-56-53-51-49-47-45-42-33-31-29-27-25-23-20-17-14-11-8-5-2/h8,11,17,20,22,24-25,27-28,30-31,33,74H,4-7,9-10,12-16,18-19,21,23,26,29,32,34-73H2,1-3H3/b11-8-,20-17-,24-22-,27-25-,30-28-,33-31-. The number of carbonyl (C=O) groups is 3. The fourth-order valence-electron chi connectivity index (χ4n) is 10.8. The molecule has 0 bridgehead atoms. The van der Waals surface area contributed by atoms with Gasteiger partial charge in [0.05, 0.1) is 0 Å². The van der Waals surface area contributed by atoms with E-state index in [0.29, 0.717) is 19.3 Å². The molecule has 0 aliphatic heterocycles. The van der Waals surface area contributed by atoms with Gasteiger partial charge in [-0.05, 0) is 89.9 Å². The highest BCUT2D eigenvalue weighted by Gasteiger charge is 2.19. The molecule has 0 rings (SSSR count). The number of carbonyl (C=O) groups excluding carboxylic acids is 3. The monoisotopic (exact) mass is 1160 g/mol. The summed E-state index contributed by atoms with van der Waals surface area (Å²) in [5.74, 6) is -0.854. The Morgan fingerprint density at radius 1 is 0.253 bits per heavy atom. The van der Waals surface area contributed by atoms with Gasteiger partial charge in [-0.25, -0.2) is 0 Å². The van der Waals surface area contributed by atoms with E-state index in [4.69, 9.17) is 14.2 Å². The van der Waals surface area contributed by atoms with Gasteiger partial charge in [0.15, 0.2) is 6.10 Å². The Bertz CT molecular complexity index is 1520. The van der Waals surface area contributed by atoms with Gasteiger partial charge in [-0.2, -0.15) is 0 Å². The number of esters is 3. The van der Waals surface area contributed by atoms with Gasteiger partial charge in [-0.15, -0.1) is 0 Å². The SMILES string of the molecule is CC/C=C\C/C=C\C/C=C\C/C=C\CCCCCCCCCCCCC(=O)OC(COC(=O)CCCCCCCCCCCCC)COC(=O)CCCCCCCCCCCCCCCCCCCCC/C=C\C/C=C\CCCCCCC. The Hall–Kier alpha value is -3.15. The van der Waals surface area contributed by atoms with Crippen LogP contribution in [0.5, 0.6) is 0 Å². The summed E-state index contributed by atoms with van der Waals surface area (Å²) in [5, 5.41) is 0. The maximum absolute atomic E-state index is 12.9. The number of allylic oxidation sites excluding steroid dienone is 12. The Balaban J connectivity index is 4.15. The van der Waals surface area contributed by atoms with E-state index < -0.39 is 6.10 Å². The first-order chi connectivity index (χ1) is 41.0. The molecule has 482 valence electrons. The quantitative estimate of drug-likeness (QED) is 0.0261. The topological polar surface area (TPSA) is 78.9 Å². The van der Waals surface area contributed by atoms with Gasteiger partial charge in [0.1, 0.15) is 13.2 Å². The van der Waals surface area contributed by atoms with E-state index in [1.165, 1.54) is 250 Å². The number of ether oxygens (including phenoxy) is 3. The Kier molecular flexibility index (Phi) is 68.6. The first-order valence-electron chi connectivity index (χ1n) is 36.4. The van der Waals surface area contributed by atoms with Crippen LogP contribution in [0.2, 0.25) is 0 Å². The van der Waals surface area contributed by atoms with Crippen molar-refractivity contribution in [2.24, 2.45) is 0 Å². The van der Waals surface area contributed by atoms with Crippen LogP contribution in [0.4, 0.5) is 0 Å². The van der Waals surface area contributed by atoms with Crippen LogP contribution < -0.4 is 0 Å². The minimum Gasteiger partial charge on any atom is -0.462 e. The summed E-state index contributed by atoms with van der Waals surface area (Å²) in [6.45, 7) is 6.56. The average Bonchev–Trinajstić information content (AvgIpc) is 3.48. The van der Waals surface area contributed by atoms with Crippen LogP contribution in [0.3, 0.4) is 0 Å². The fourth-order valence-corrected chi connectivity index (χ4v) is 10.8. The predicted octanol–water partition coefficient (Wildman–Crippen LogP) is 25.2. The van der Waals surface area contributed by atoms with Crippen molar-refractivity contribution in [3.05, 3.63) is 72.9 Å². The molecule has 0 saturated carbocycles. The van der Waals surface area contributed by atoms with Crippen molar-refractivity contribution >= 4 is 17.9 Å². The van der Waals surface area contributed by atoms with Gasteiger partial charge in [-0.1, -0.05) is 344 Å². The number of hydrogen-bond donors (Lipinski definition) is 0. The zero-order valence-electron chi connectivity index (χ0n) is 55.5. The van der Waals surface area contributed by atoms with Gasteiger partial charge in [0, 0.05) is 19.3 Å². The van der Waals surface area contributed by atoms with Crippen molar-refractivity contribution in [1.82, 2.24) is 0 Å². The van der Waals surface area contributed by atoms with Gasteiger partial charge < -0.3 is 14.2 Å². The Labute approximate surface area is 516 Å². The number of rotatable bonds is 67. The maximum Gasteiger partial charge on any atom is 0.306 e. The lowest BCUT2D eigenvalue weighted by Crippen LogP contribution is -2.30. The van der Waals surface area contributed by atoms with Crippen molar-refractivity contribution in [2.45, 2.75) is 386 Å². The van der Waals surface area contributed by atoms with Crippen LogP contribution in [0.15, 0.2) is 72.9 Å². The molecule has 1 unspecified atom stereocenters. The van der Waals surface area contributed by atoms with Crippen LogP contribution in [-0.2, 0) is 28.6 Å². The first-order valence-corrected chi connectivity index (χ1v) is 36.4. The summed E-state index contributed by atoms with van der Waals surface area (Å²) in [6.07, 6.45) is 93.7. The van der Waals surface area contributed by atoms with E-state index in [2.05, 4.69) is 93.7 Å². The third-order valence-electron chi connectivity index (χ3n) is 16.2. The zero-order chi connectivity index (χ0) is 59.9. The minimum atomic E-state index is -0.776. The summed E-state index contributed by atoms with van der Waals surface area (Å²) in [4.78, 5) is 38.4. The van der Waals surface area contributed by atoms with Crippen LogP contribution in [-0.4, -0.2) is 37.2 Å². The Morgan fingerprint density at radius 3 is 0.735 bits per heavy atom. The van der Waals surface area contributed by atoms with Crippen LogP contribution in [0, 0.1) is 0 Å². The largest absolute Gasteiger partial charge is 0.462 e. The van der Waals surface area contributed by atoms with E-state index in [1.54, 1.807) is 0 Å². The second-order valence-electron chi connectivity index (χ2n) is 24.5. The third-order valence-corrected chi connectivity index (χ3v) is 16.2. The van der Waals surface area contributed by atoms with Crippen LogP contribution >= 0.6 is 0 Å². The molecule has 0 fully saturated rings. The minimum absolute atomic E-state index is 0.0719. The molecule has 0 aromatic rings. The smallest absolute Gasteiger partial charge is 0.306 e. The second-order valence-corrected chi connectivity index (χ2v) is 24.5. The fraction of sp³-hybridized carbons (Fsp3) is 0.805. The van der Waals surface area contributed by atoms with Gasteiger partial charge in [0.2, 0.25) is 0 Å². The predicted molar refractivity (Wildman–Crippen MR) is 362 cm³/mol. The van der Waals surface area contributed by atoms with Crippen molar-refractivity contribution in [3.63, 3.8) is 0 Å². The highest BCUT2D eigenvalue weighted by molar-refractivity contribution is 5.71. The lowest BCUT2D eigenvalue weighted by atomic mass is 10.0. The van der Waals surface area contributed by atoms with Gasteiger partial charge in [-0.3, -0.25) is 14.4 Å². The van der Waals surface area contributed by atoms with Crippen LogP contribution in [0.1, 0.15) is 380 Å². The van der Waals surface area contributed by atoms with E-state index >= 15 is 0 Å². The molecule has 0 aromatic heterocycles. The number of hydrogen-bond acceptors (Lipinski definition) is 6. The third kappa shape index (κ3) is 69.5. The highest BCUT2D eigenvalue weighted by Crippen LogP contribution is 2.18. The molecule has 6 heteroatoms. The maximum atomic E-state index is 12.9. The molecule has 0 amide bonds. The number of unbranched alkanes of at least 4 members (excludes halogenated alkanes) is 44. The molecular formula is C77H138O6. The molecule has 83 heavy (non-hydrogen) atoms. The van der Waals surface area contributed by atoms with E-state index in [-0.39, 0.29) is 31.1 Å². The second kappa shape index (κ2) is 71.3. The lowest BCUT2D eigenvalue weighted by Gasteiger charge is -2.18. The summed E-state index contributed by atoms with van der Waals surface area (Å²) >= 11 is 0. The first kappa shape index (κ1) is 79.8. The summed E-state index contributed by atoms with van der Waals surface area (Å²) in [6, 6.07) is 0. The molecule has 6 nitrogen and oxygen atoms in total. The van der Waals surface area contributed by atoms with Crippen molar-refractivity contribution < 1.29 is 28.6 Å². The van der Waals surface area contributed by atoms with Crippen molar-refractivity contribution in [3.8, 4) is 0 Å².